The van der Waals surface area contributed by atoms with Crippen LogP contribution in [-0.2, 0) is 6.54 Å². The Morgan fingerprint density at radius 1 is 1.07 bits per heavy atom. The molecule has 1 aromatic carbocycles. The molecule has 1 saturated heterocycles. The fourth-order valence-electron chi connectivity index (χ4n) is 5.79. The van der Waals surface area contributed by atoms with Crippen LogP contribution in [0.15, 0.2) is 70.5 Å². The highest BCUT2D eigenvalue weighted by Crippen LogP contribution is 2.36. The van der Waals surface area contributed by atoms with Gasteiger partial charge in [-0.25, -0.2) is 14.2 Å². The molecule has 1 amide bonds. The van der Waals surface area contributed by atoms with Crippen molar-refractivity contribution in [3.05, 3.63) is 92.9 Å². The zero-order chi connectivity index (χ0) is 28.8. The van der Waals surface area contributed by atoms with Crippen molar-refractivity contribution in [1.29, 1.82) is 0 Å². The summed E-state index contributed by atoms with van der Waals surface area (Å²) in [5.41, 5.74) is 0.877. The minimum absolute atomic E-state index is 0.208. The molecule has 1 fully saturated rings. The molecule has 5 rings (SSSR count). The van der Waals surface area contributed by atoms with Crippen molar-refractivity contribution in [2.75, 3.05) is 6.54 Å². The third-order valence-electron chi connectivity index (χ3n) is 7.85. The second-order valence-electron chi connectivity index (χ2n) is 11.5. The van der Waals surface area contributed by atoms with E-state index in [4.69, 9.17) is 0 Å². The number of benzene rings is 1. The number of fused-ring (bicyclic) bond motifs is 1. The summed E-state index contributed by atoms with van der Waals surface area (Å²) in [7, 11) is 0. The second kappa shape index (κ2) is 10.3. The molecule has 1 aliphatic heterocycles. The van der Waals surface area contributed by atoms with E-state index in [1.807, 2.05) is 32.9 Å². The molecule has 3 aromatic heterocycles. The van der Waals surface area contributed by atoms with Gasteiger partial charge in [0.05, 0.1) is 23.1 Å². The number of amides is 1. The predicted octanol–water partition coefficient (Wildman–Crippen LogP) is 4.15. The number of para-hydroxylation sites is 1. The summed E-state index contributed by atoms with van der Waals surface area (Å²) >= 11 is 0. The topological polar surface area (TPSA) is 119 Å². The van der Waals surface area contributed by atoms with Crippen LogP contribution in [0.5, 0.6) is 0 Å². The standard InChI is InChI=1S/C30H33N5O5/c1-19-26-23(16-25(36)33(19)18-20-9-8-13-31-17-20)35(34(28(26)38)22-10-6-5-7-11-22)27(37)21-12-14-32(29(39)40)24(15-21)30(2,3)4/h5-11,13,16-17,21,24H,12,14-15,18H2,1-4H3,(H,39,40). The number of likely N-dealkylation sites (tertiary alicyclic amines) is 1. The van der Waals surface area contributed by atoms with Crippen LogP contribution < -0.4 is 11.1 Å². The van der Waals surface area contributed by atoms with Crippen molar-refractivity contribution >= 4 is 22.9 Å². The molecule has 0 bridgehead atoms. The minimum Gasteiger partial charge on any atom is -0.465 e. The van der Waals surface area contributed by atoms with Crippen molar-refractivity contribution in [2.24, 2.45) is 11.3 Å². The first-order valence-corrected chi connectivity index (χ1v) is 13.4. The first kappa shape index (κ1) is 27.1. The monoisotopic (exact) mass is 543 g/mol. The average Bonchev–Trinajstić information content (AvgIpc) is 3.22. The largest absolute Gasteiger partial charge is 0.465 e. The van der Waals surface area contributed by atoms with Crippen LogP contribution in [-0.4, -0.2) is 53.5 Å². The molecule has 0 saturated carbocycles. The van der Waals surface area contributed by atoms with Gasteiger partial charge in [0.1, 0.15) is 0 Å². The number of carbonyl (C=O) groups is 2. The molecular formula is C30H33N5O5. The lowest BCUT2D eigenvalue weighted by Crippen LogP contribution is -2.53. The van der Waals surface area contributed by atoms with Crippen LogP contribution >= 0.6 is 0 Å². The molecule has 1 N–H and O–H groups in total. The number of aryl methyl sites for hydroxylation is 1. The quantitative estimate of drug-likeness (QED) is 0.413. The van der Waals surface area contributed by atoms with Gasteiger partial charge in [-0.15, -0.1) is 0 Å². The number of hydrogen-bond acceptors (Lipinski definition) is 5. The maximum Gasteiger partial charge on any atom is 0.407 e. The van der Waals surface area contributed by atoms with Gasteiger partial charge in [-0.1, -0.05) is 45.0 Å². The van der Waals surface area contributed by atoms with E-state index in [-0.39, 0.29) is 41.5 Å². The van der Waals surface area contributed by atoms with Crippen molar-refractivity contribution in [3.63, 3.8) is 0 Å². The van der Waals surface area contributed by atoms with Gasteiger partial charge in [0.25, 0.3) is 11.1 Å². The van der Waals surface area contributed by atoms with Gasteiger partial charge < -0.3 is 14.6 Å². The van der Waals surface area contributed by atoms with E-state index in [1.54, 1.807) is 49.6 Å². The van der Waals surface area contributed by atoms with Crippen LogP contribution in [0.1, 0.15) is 49.7 Å². The second-order valence-corrected chi connectivity index (χ2v) is 11.5. The van der Waals surface area contributed by atoms with E-state index in [9.17, 15) is 24.3 Å². The van der Waals surface area contributed by atoms with Crippen LogP contribution in [0.3, 0.4) is 0 Å². The maximum absolute atomic E-state index is 14.3. The molecule has 10 heteroatoms. The summed E-state index contributed by atoms with van der Waals surface area (Å²) in [4.78, 5) is 59.2. The number of piperidine rings is 1. The third kappa shape index (κ3) is 4.74. The number of nitrogens with zero attached hydrogens (tertiary/aromatic N) is 5. The zero-order valence-corrected chi connectivity index (χ0v) is 23.1. The van der Waals surface area contributed by atoms with Gasteiger partial charge in [-0.3, -0.25) is 19.4 Å². The lowest BCUT2D eigenvalue weighted by atomic mass is 9.77. The molecule has 0 aliphatic carbocycles. The Morgan fingerprint density at radius 3 is 2.42 bits per heavy atom. The minimum atomic E-state index is -1.01. The van der Waals surface area contributed by atoms with Crippen molar-refractivity contribution < 1.29 is 14.7 Å². The number of pyridine rings is 2. The summed E-state index contributed by atoms with van der Waals surface area (Å²) < 4.78 is 4.19. The summed E-state index contributed by atoms with van der Waals surface area (Å²) in [5, 5.41) is 10.1. The lowest BCUT2D eigenvalue weighted by Gasteiger charge is -2.44. The normalized spacial score (nSPS) is 17.8. The van der Waals surface area contributed by atoms with Gasteiger partial charge in [0.15, 0.2) is 0 Å². The maximum atomic E-state index is 14.3. The summed E-state index contributed by atoms with van der Waals surface area (Å²) in [6.45, 7) is 8.03. The first-order chi connectivity index (χ1) is 19.0. The summed E-state index contributed by atoms with van der Waals surface area (Å²) in [6.07, 6.45) is 2.94. The van der Waals surface area contributed by atoms with Crippen LogP contribution in [0.2, 0.25) is 0 Å². The van der Waals surface area contributed by atoms with E-state index < -0.39 is 23.0 Å². The Balaban J connectivity index is 1.69. The molecular weight excluding hydrogens is 510 g/mol. The third-order valence-corrected chi connectivity index (χ3v) is 7.85. The number of aromatic nitrogens is 4. The Morgan fingerprint density at radius 2 is 1.80 bits per heavy atom. The van der Waals surface area contributed by atoms with Crippen LogP contribution in [0.25, 0.3) is 16.6 Å². The average molecular weight is 544 g/mol. The molecule has 0 spiro atoms. The molecule has 208 valence electrons. The molecule has 4 aromatic rings. The van der Waals surface area contributed by atoms with Gasteiger partial charge in [0, 0.05) is 42.7 Å². The van der Waals surface area contributed by atoms with Crippen molar-refractivity contribution in [3.8, 4) is 5.69 Å². The molecule has 4 heterocycles. The first-order valence-electron chi connectivity index (χ1n) is 13.4. The summed E-state index contributed by atoms with van der Waals surface area (Å²) in [6, 6.07) is 13.5. The van der Waals surface area contributed by atoms with Crippen LogP contribution in [0, 0.1) is 18.3 Å². The van der Waals surface area contributed by atoms with Crippen molar-refractivity contribution in [2.45, 2.75) is 53.1 Å². The number of rotatable bonds is 4. The predicted molar refractivity (Wildman–Crippen MR) is 151 cm³/mol. The van der Waals surface area contributed by atoms with Gasteiger partial charge in [-0.05, 0) is 48.9 Å². The highest BCUT2D eigenvalue weighted by atomic mass is 16.4. The highest BCUT2D eigenvalue weighted by molar-refractivity contribution is 5.93. The Labute approximate surface area is 231 Å². The summed E-state index contributed by atoms with van der Waals surface area (Å²) in [5.74, 6) is -0.873. The molecule has 1 aliphatic rings. The Hall–Kier alpha value is -4.47. The van der Waals surface area contributed by atoms with E-state index >= 15 is 0 Å². The number of carbonyl (C=O) groups excluding carboxylic acids is 1. The smallest absolute Gasteiger partial charge is 0.407 e. The lowest BCUT2D eigenvalue weighted by molar-refractivity contribution is 0.0334. The molecule has 2 unspecified atom stereocenters. The van der Waals surface area contributed by atoms with Crippen LogP contribution in [0.4, 0.5) is 4.79 Å². The van der Waals surface area contributed by atoms with E-state index in [0.29, 0.717) is 24.2 Å². The molecule has 0 radical (unpaired) electrons. The molecule has 2 atom stereocenters. The van der Waals surface area contributed by atoms with E-state index in [1.165, 1.54) is 24.9 Å². The molecule has 10 nitrogen and oxygen atoms in total. The van der Waals surface area contributed by atoms with E-state index in [2.05, 4.69) is 4.98 Å². The van der Waals surface area contributed by atoms with Gasteiger partial charge in [-0.2, -0.15) is 0 Å². The Kier molecular flexibility index (Phi) is 6.95. The van der Waals surface area contributed by atoms with Gasteiger partial charge in [0.2, 0.25) is 5.91 Å². The number of hydrogen-bond donors (Lipinski definition) is 1. The van der Waals surface area contributed by atoms with E-state index in [0.717, 1.165) is 5.56 Å². The fraction of sp³-hybridized carbons (Fsp3) is 0.367. The molecule has 40 heavy (non-hydrogen) atoms. The fourth-order valence-corrected chi connectivity index (χ4v) is 5.79. The highest BCUT2D eigenvalue weighted by Gasteiger charge is 2.42. The van der Waals surface area contributed by atoms with Crippen molar-refractivity contribution in [1.82, 2.24) is 23.8 Å². The number of carboxylic acid groups (broad SMARTS) is 1. The SMILES string of the molecule is Cc1c2c(=O)n(-c3ccccc3)n(C(=O)C3CCN(C(=O)O)C(C(C)(C)C)C3)c2cc(=O)n1Cc1cccnc1. The van der Waals surface area contributed by atoms with Gasteiger partial charge >= 0.3 is 6.09 Å². The Bertz CT molecular complexity index is 1700. The zero-order valence-electron chi connectivity index (χ0n) is 23.1.